The molecule has 0 aromatic rings. The fourth-order valence-electron chi connectivity index (χ4n) is 0.447. The summed E-state index contributed by atoms with van der Waals surface area (Å²) in [5.41, 5.74) is 0. The lowest BCUT2D eigenvalue weighted by Crippen LogP contribution is -2.00. The van der Waals surface area contributed by atoms with Gasteiger partial charge in [-0.1, -0.05) is 12.7 Å². The smallest absolute Gasteiger partial charge is 0.300 e. The van der Waals surface area contributed by atoms with Crippen LogP contribution < -0.4 is 0 Å². The second kappa shape index (κ2) is 13.4. The summed E-state index contributed by atoms with van der Waals surface area (Å²) < 4.78 is 9.96. The lowest BCUT2D eigenvalue weighted by atomic mass is 10.5. The number of allylic oxidation sites excluding steroid dienone is 1. The summed E-state index contributed by atoms with van der Waals surface area (Å²) in [4.78, 5) is 9.00. The van der Waals surface area contributed by atoms with E-state index in [4.69, 9.17) is 24.6 Å². The van der Waals surface area contributed by atoms with E-state index < -0.39 is 5.97 Å². The van der Waals surface area contributed by atoms with Crippen molar-refractivity contribution in [1.82, 2.24) is 0 Å². The highest BCUT2D eigenvalue weighted by atomic mass is 16.6. The quantitative estimate of drug-likeness (QED) is 0.339. The van der Waals surface area contributed by atoms with Gasteiger partial charge >= 0.3 is 0 Å². The van der Waals surface area contributed by atoms with Crippen molar-refractivity contribution in [3.8, 4) is 6.07 Å². The second-order valence-corrected chi connectivity index (χ2v) is 2.63. The molecule has 1 N–H and O–H groups in total. The Morgan fingerprint density at radius 2 is 2.19 bits per heavy atom. The van der Waals surface area contributed by atoms with Crippen LogP contribution in [0.5, 0.6) is 0 Å². The Balaban J connectivity index is 0. The fourth-order valence-corrected chi connectivity index (χ4v) is 0.447. The third-order valence-corrected chi connectivity index (χ3v) is 1.03. The molecule has 0 aromatic carbocycles. The Hall–Kier alpha value is -1.64. The molecule has 1 aliphatic rings. The zero-order chi connectivity index (χ0) is 12.8. The van der Waals surface area contributed by atoms with Gasteiger partial charge in [0.25, 0.3) is 5.97 Å². The van der Waals surface area contributed by atoms with Crippen LogP contribution in [0.3, 0.4) is 0 Å². The molecule has 1 rings (SSSR count). The first-order chi connectivity index (χ1) is 7.58. The van der Waals surface area contributed by atoms with E-state index in [9.17, 15) is 0 Å². The number of carboxylic acids is 1. The van der Waals surface area contributed by atoms with E-state index in [1.165, 1.54) is 6.08 Å². The van der Waals surface area contributed by atoms with Gasteiger partial charge in [0, 0.05) is 13.0 Å². The number of aliphatic carboxylic acids is 1. The fraction of sp³-hybridized carbons (Fsp3) is 0.455. The van der Waals surface area contributed by atoms with Gasteiger partial charge in [-0.15, -0.1) is 6.58 Å². The molecule has 16 heavy (non-hydrogen) atoms. The van der Waals surface area contributed by atoms with Crippen LogP contribution in [0.1, 0.15) is 6.92 Å². The minimum Gasteiger partial charge on any atom is -0.481 e. The molecule has 0 radical (unpaired) electrons. The van der Waals surface area contributed by atoms with Gasteiger partial charge in [-0.3, -0.25) is 4.79 Å². The molecule has 1 saturated heterocycles. The number of hydrogen-bond acceptors (Lipinski definition) is 4. The Kier molecular flexibility index (Phi) is 14.0. The van der Waals surface area contributed by atoms with Crippen LogP contribution in [0.2, 0.25) is 0 Å². The molecular weight excluding hydrogens is 210 g/mol. The van der Waals surface area contributed by atoms with Gasteiger partial charge in [-0.05, 0) is 0 Å². The molecule has 5 nitrogen and oxygen atoms in total. The minimum atomic E-state index is -0.833. The van der Waals surface area contributed by atoms with Crippen molar-refractivity contribution in [2.24, 2.45) is 0 Å². The van der Waals surface area contributed by atoms with Gasteiger partial charge in [-0.25, -0.2) is 0 Å². The Morgan fingerprint density at radius 1 is 1.75 bits per heavy atom. The maximum atomic E-state index is 9.00. The van der Waals surface area contributed by atoms with Crippen molar-refractivity contribution in [2.45, 2.75) is 13.0 Å². The summed E-state index contributed by atoms with van der Waals surface area (Å²) in [5, 5.41) is 14.9. The lowest BCUT2D eigenvalue weighted by Gasteiger charge is -1.92. The van der Waals surface area contributed by atoms with E-state index in [1.807, 2.05) is 0 Å². The number of epoxide rings is 1. The first-order valence-electron chi connectivity index (χ1n) is 4.58. The van der Waals surface area contributed by atoms with Gasteiger partial charge in [-0.2, -0.15) is 5.26 Å². The van der Waals surface area contributed by atoms with E-state index in [2.05, 4.69) is 13.2 Å². The minimum absolute atomic E-state index is 0.384. The highest BCUT2D eigenvalue weighted by molar-refractivity contribution is 5.62. The van der Waals surface area contributed by atoms with Crippen molar-refractivity contribution < 1.29 is 19.4 Å². The molecule has 0 spiro atoms. The SMILES string of the molecule is C=CC#N.C=CCOCC1CO1.CC(=O)O. The molecule has 0 aromatic heterocycles. The third kappa shape index (κ3) is 29.4. The highest BCUT2D eigenvalue weighted by Gasteiger charge is 2.21. The highest BCUT2D eigenvalue weighted by Crippen LogP contribution is 2.07. The Labute approximate surface area is 95.6 Å². The maximum absolute atomic E-state index is 9.00. The van der Waals surface area contributed by atoms with Crippen molar-refractivity contribution in [3.05, 3.63) is 25.3 Å². The molecule has 1 unspecified atom stereocenters. The Morgan fingerprint density at radius 3 is 2.44 bits per heavy atom. The largest absolute Gasteiger partial charge is 0.481 e. The number of rotatable bonds is 4. The molecule has 90 valence electrons. The van der Waals surface area contributed by atoms with Gasteiger partial charge in [0.05, 0.1) is 25.9 Å². The summed E-state index contributed by atoms with van der Waals surface area (Å²) in [6.07, 6.45) is 3.30. The third-order valence-electron chi connectivity index (χ3n) is 1.03. The summed E-state index contributed by atoms with van der Waals surface area (Å²) in [6, 6.07) is 1.69. The molecule has 1 atom stereocenters. The molecule has 0 bridgehead atoms. The topological polar surface area (TPSA) is 82.8 Å². The number of hydrogen-bond donors (Lipinski definition) is 1. The van der Waals surface area contributed by atoms with Gasteiger partial charge in [0.15, 0.2) is 0 Å². The normalized spacial score (nSPS) is 15.1. The molecule has 1 aliphatic heterocycles. The van der Waals surface area contributed by atoms with Crippen LogP contribution in [0, 0.1) is 11.3 Å². The molecule has 0 aliphatic carbocycles. The predicted octanol–water partition coefficient (Wildman–Crippen LogP) is 1.37. The van der Waals surface area contributed by atoms with E-state index in [0.717, 1.165) is 20.1 Å². The monoisotopic (exact) mass is 227 g/mol. The maximum Gasteiger partial charge on any atom is 0.300 e. The van der Waals surface area contributed by atoms with Crippen LogP contribution in [0.25, 0.3) is 0 Å². The lowest BCUT2D eigenvalue weighted by molar-refractivity contribution is -0.134. The van der Waals surface area contributed by atoms with Crippen LogP contribution in [-0.2, 0) is 14.3 Å². The van der Waals surface area contributed by atoms with Crippen molar-refractivity contribution >= 4 is 5.97 Å². The molecule has 1 heterocycles. The zero-order valence-electron chi connectivity index (χ0n) is 9.39. The van der Waals surface area contributed by atoms with Crippen LogP contribution in [0.4, 0.5) is 0 Å². The first-order valence-corrected chi connectivity index (χ1v) is 4.58. The first kappa shape index (κ1) is 16.8. The Bertz CT molecular complexity index is 237. The average Bonchev–Trinajstić information content (AvgIpc) is 3.02. The summed E-state index contributed by atoms with van der Waals surface area (Å²) in [6.45, 7) is 9.95. The number of ether oxygens (including phenoxy) is 2. The summed E-state index contributed by atoms with van der Waals surface area (Å²) in [7, 11) is 0. The van der Waals surface area contributed by atoms with E-state index in [-0.39, 0.29) is 0 Å². The van der Waals surface area contributed by atoms with Gasteiger partial charge < -0.3 is 14.6 Å². The number of carbonyl (C=O) groups is 1. The van der Waals surface area contributed by atoms with Crippen LogP contribution >= 0.6 is 0 Å². The second-order valence-electron chi connectivity index (χ2n) is 2.63. The van der Waals surface area contributed by atoms with Gasteiger partial charge in [0.2, 0.25) is 0 Å². The number of carboxylic acid groups (broad SMARTS) is 1. The van der Waals surface area contributed by atoms with E-state index in [0.29, 0.717) is 12.7 Å². The average molecular weight is 227 g/mol. The molecule has 1 fully saturated rings. The number of nitriles is 1. The van der Waals surface area contributed by atoms with Crippen LogP contribution in [0.15, 0.2) is 25.3 Å². The molecule has 0 saturated carbocycles. The van der Waals surface area contributed by atoms with Gasteiger partial charge in [0.1, 0.15) is 6.10 Å². The number of nitrogens with zero attached hydrogens (tertiary/aromatic N) is 1. The van der Waals surface area contributed by atoms with Crippen molar-refractivity contribution in [2.75, 3.05) is 19.8 Å². The standard InChI is InChI=1S/C6H10O2.C3H3N.C2H4O2/c1-2-3-7-4-6-5-8-6;1-2-3-4;1-2(3)4/h2,6H,1,3-5H2;2H,1H2;1H3,(H,3,4). The summed E-state index contributed by atoms with van der Waals surface area (Å²) in [5.74, 6) is -0.833. The molecule has 0 amide bonds. The van der Waals surface area contributed by atoms with Crippen molar-refractivity contribution in [3.63, 3.8) is 0 Å². The van der Waals surface area contributed by atoms with Crippen LogP contribution in [-0.4, -0.2) is 37.0 Å². The molecular formula is C11H17NO4. The van der Waals surface area contributed by atoms with Crippen molar-refractivity contribution in [1.29, 1.82) is 5.26 Å². The van der Waals surface area contributed by atoms with E-state index >= 15 is 0 Å². The summed E-state index contributed by atoms with van der Waals surface area (Å²) >= 11 is 0. The predicted molar refractivity (Wildman–Crippen MR) is 59.9 cm³/mol. The van der Waals surface area contributed by atoms with E-state index in [1.54, 1.807) is 12.1 Å². The molecule has 5 heteroatoms. The zero-order valence-corrected chi connectivity index (χ0v) is 9.39.